The van der Waals surface area contributed by atoms with Crippen LogP contribution in [0.25, 0.3) is 10.6 Å². The number of carbonyl (C=O) groups is 1. The number of carbonyl (C=O) groups excluding carboxylic acids is 1. The van der Waals surface area contributed by atoms with Crippen molar-refractivity contribution in [3.05, 3.63) is 41.2 Å². The molecule has 0 aliphatic heterocycles. The number of hydrogen-bond acceptors (Lipinski definition) is 3. The maximum atomic E-state index is 13.3. The minimum Gasteiger partial charge on any atom is -0.353 e. The number of benzene rings is 1. The summed E-state index contributed by atoms with van der Waals surface area (Å²) in [5, 5.41) is 5.82. The van der Waals surface area contributed by atoms with E-state index in [0.29, 0.717) is 5.92 Å². The van der Waals surface area contributed by atoms with E-state index in [1.54, 1.807) is 6.07 Å². The molecule has 3 nitrogen and oxygen atoms in total. The number of rotatable bonds is 5. The van der Waals surface area contributed by atoms with Gasteiger partial charge in [-0.05, 0) is 56.1 Å². The predicted molar refractivity (Wildman–Crippen MR) is 97.8 cm³/mol. The van der Waals surface area contributed by atoms with Crippen LogP contribution in [0.2, 0.25) is 0 Å². The number of nitrogens with zero attached hydrogens (tertiary/aromatic N) is 1. The Kier molecular flexibility index (Phi) is 4.59. The predicted octanol–water partition coefficient (Wildman–Crippen LogP) is 4.43. The zero-order valence-electron chi connectivity index (χ0n) is 14.4. The van der Waals surface area contributed by atoms with Crippen molar-refractivity contribution in [1.29, 1.82) is 0 Å². The maximum Gasteiger partial charge on any atom is 0.226 e. The van der Waals surface area contributed by atoms with Gasteiger partial charge < -0.3 is 5.32 Å². The smallest absolute Gasteiger partial charge is 0.226 e. The molecule has 4 atom stereocenters. The molecular weight excluding hydrogens is 335 g/mol. The molecule has 2 fully saturated rings. The number of halogens is 1. The van der Waals surface area contributed by atoms with Crippen LogP contribution in [0.1, 0.15) is 38.3 Å². The van der Waals surface area contributed by atoms with Gasteiger partial charge in [-0.3, -0.25) is 4.79 Å². The Morgan fingerprint density at radius 1 is 1.40 bits per heavy atom. The molecule has 0 spiro atoms. The van der Waals surface area contributed by atoms with E-state index in [2.05, 4.69) is 17.2 Å². The first-order valence-corrected chi connectivity index (χ1v) is 9.96. The standard InChI is InChI=1S/C20H23FN2OS/c1-12(18-8-13-5-6-14(18)7-13)22-19(24)10-17-11-25-20(23-17)15-3-2-4-16(21)9-15/h2-4,9,11-14,18H,5-8,10H2,1H3,(H,22,24)/t12-,13-,14-,18-/m0/s1. The fourth-order valence-electron chi connectivity index (χ4n) is 4.63. The van der Waals surface area contributed by atoms with E-state index in [-0.39, 0.29) is 24.2 Å². The Bertz CT molecular complexity index is 775. The second-order valence-electron chi connectivity index (χ2n) is 7.53. The van der Waals surface area contributed by atoms with E-state index in [1.165, 1.54) is 49.2 Å². The average molecular weight is 358 g/mol. The Morgan fingerprint density at radius 2 is 2.28 bits per heavy atom. The van der Waals surface area contributed by atoms with Crippen LogP contribution in [-0.4, -0.2) is 16.9 Å². The third-order valence-corrected chi connectivity index (χ3v) is 6.73. The van der Waals surface area contributed by atoms with Crippen molar-refractivity contribution in [2.24, 2.45) is 17.8 Å². The molecule has 1 aromatic carbocycles. The average Bonchev–Trinajstić information content (AvgIpc) is 3.31. The topological polar surface area (TPSA) is 42.0 Å². The van der Waals surface area contributed by atoms with Gasteiger partial charge in [0.05, 0.1) is 12.1 Å². The van der Waals surface area contributed by atoms with E-state index in [1.807, 2.05) is 11.4 Å². The summed E-state index contributed by atoms with van der Waals surface area (Å²) in [5.74, 6) is 2.10. The number of hydrogen-bond donors (Lipinski definition) is 1. The molecule has 25 heavy (non-hydrogen) atoms. The second-order valence-corrected chi connectivity index (χ2v) is 8.38. The zero-order valence-corrected chi connectivity index (χ0v) is 15.2. The normalized spacial score (nSPS) is 25.9. The van der Waals surface area contributed by atoms with Crippen LogP contribution in [0, 0.1) is 23.6 Å². The number of nitrogens with one attached hydrogen (secondary N) is 1. The SMILES string of the molecule is C[C@H](NC(=O)Cc1csc(-c2cccc(F)c2)n1)[C@@H]1C[C@H]2CC[C@H]1C2. The van der Waals surface area contributed by atoms with Gasteiger partial charge in [0.1, 0.15) is 10.8 Å². The van der Waals surface area contributed by atoms with Gasteiger partial charge in [-0.25, -0.2) is 9.37 Å². The Morgan fingerprint density at radius 3 is 3.00 bits per heavy atom. The van der Waals surface area contributed by atoms with Gasteiger partial charge in [-0.2, -0.15) is 0 Å². The highest BCUT2D eigenvalue weighted by Gasteiger charge is 2.42. The highest BCUT2D eigenvalue weighted by molar-refractivity contribution is 7.13. The molecule has 2 aliphatic carbocycles. The van der Waals surface area contributed by atoms with Crippen molar-refractivity contribution < 1.29 is 9.18 Å². The summed E-state index contributed by atoms with van der Waals surface area (Å²) in [4.78, 5) is 16.9. The van der Waals surface area contributed by atoms with Gasteiger partial charge >= 0.3 is 0 Å². The molecule has 1 amide bonds. The van der Waals surface area contributed by atoms with Gasteiger partial charge in [0.25, 0.3) is 0 Å². The highest BCUT2D eigenvalue weighted by Crippen LogP contribution is 2.49. The molecule has 1 heterocycles. The lowest BCUT2D eigenvalue weighted by molar-refractivity contribution is -0.121. The minimum atomic E-state index is -0.272. The molecule has 2 bridgehead atoms. The first-order valence-electron chi connectivity index (χ1n) is 9.08. The van der Waals surface area contributed by atoms with Gasteiger partial charge in [-0.1, -0.05) is 18.6 Å². The van der Waals surface area contributed by atoms with E-state index in [4.69, 9.17) is 0 Å². The Balaban J connectivity index is 1.35. The summed E-state index contributed by atoms with van der Waals surface area (Å²) < 4.78 is 13.3. The molecule has 2 saturated carbocycles. The van der Waals surface area contributed by atoms with Crippen molar-refractivity contribution in [1.82, 2.24) is 10.3 Å². The van der Waals surface area contributed by atoms with Crippen LogP contribution < -0.4 is 5.32 Å². The van der Waals surface area contributed by atoms with Gasteiger partial charge in [0, 0.05) is 17.0 Å². The minimum absolute atomic E-state index is 0.0337. The van der Waals surface area contributed by atoms with Crippen LogP contribution in [0.5, 0.6) is 0 Å². The number of fused-ring (bicyclic) bond motifs is 2. The molecule has 2 aromatic rings. The first kappa shape index (κ1) is 16.7. The van der Waals surface area contributed by atoms with Crippen molar-refractivity contribution in [3.8, 4) is 10.6 Å². The van der Waals surface area contributed by atoms with E-state index in [9.17, 15) is 9.18 Å². The van der Waals surface area contributed by atoms with Gasteiger partial charge in [-0.15, -0.1) is 11.3 Å². The molecule has 0 radical (unpaired) electrons. The molecule has 4 rings (SSSR count). The molecule has 132 valence electrons. The lowest BCUT2D eigenvalue weighted by Gasteiger charge is -2.28. The van der Waals surface area contributed by atoms with Crippen LogP contribution in [0.4, 0.5) is 4.39 Å². The van der Waals surface area contributed by atoms with Crippen LogP contribution in [0.3, 0.4) is 0 Å². The van der Waals surface area contributed by atoms with Crippen molar-refractivity contribution in [2.45, 2.75) is 45.1 Å². The third kappa shape index (κ3) is 3.61. The summed E-state index contributed by atoms with van der Waals surface area (Å²) >= 11 is 1.45. The zero-order chi connectivity index (χ0) is 17.4. The molecule has 1 aromatic heterocycles. The molecular formula is C20H23FN2OS. The highest BCUT2D eigenvalue weighted by atomic mass is 32.1. The summed E-state index contributed by atoms with van der Waals surface area (Å²) in [6.45, 7) is 2.14. The fraction of sp³-hybridized carbons (Fsp3) is 0.500. The summed E-state index contributed by atoms with van der Waals surface area (Å²) in [6, 6.07) is 6.64. The lowest BCUT2D eigenvalue weighted by Crippen LogP contribution is -2.40. The summed E-state index contributed by atoms with van der Waals surface area (Å²) in [7, 11) is 0. The maximum absolute atomic E-state index is 13.3. The summed E-state index contributed by atoms with van der Waals surface area (Å²) in [5.41, 5.74) is 1.51. The van der Waals surface area contributed by atoms with Gasteiger partial charge in [0.2, 0.25) is 5.91 Å². The Labute approximate surface area is 151 Å². The molecule has 0 saturated heterocycles. The number of aromatic nitrogens is 1. The van der Waals surface area contributed by atoms with Crippen molar-refractivity contribution in [3.63, 3.8) is 0 Å². The van der Waals surface area contributed by atoms with Gasteiger partial charge in [0.15, 0.2) is 0 Å². The van der Waals surface area contributed by atoms with Crippen LogP contribution in [-0.2, 0) is 11.2 Å². The Hall–Kier alpha value is -1.75. The second kappa shape index (κ2) is 6.87. The third-order valence-electron chi connectivity index (χ3n) is 5.79. The van der Waals surface area contributed by atoms with E-state index in [0.717, 1.165) is 28.1 Å². The quantitative estimate of drug-likeness (QED) is 0.859. The molecule has 5 heteroatoms. The molecule has 1 N–H and O–H groups in total. The molecule has 2 aliphatic rings. The monoisotopic (exact) mass is 358 g/mol. The van der Waals surface area contributed by atoms with E-state index >= 15 is 0 Å². The van der Waals surface area contributed by atoms with E-state index < -0.39 is 0 Å². The van der Waals surface area contributed by atoms with Crippen molar-refractivity contribution >= 4 is 17.2 Å². The number of amides is 1. The first-order chi connectivity index (χ1) is 12.1. The summed E-state index contributed by atoms with van der Waals surface area (Å²) in [6.07, 6.45) is 5.62. The largest absolute Gasteiger partial charge is 0.353 e. The molecule has 0 unspecified atom stereocenters. The van der Waals surface area contributed by atoms with Crippen LogP contribution >= 0.6 is 11.3 Å². The van der Waals surface area contributed by atoms with Crippen LogP contribution in [0.15, 0.2) is 29.6 Å². The van der Waals surface area contributed by atoms with Crippen molar-refractivity contribution in [2.75, 3.05) is 0 Å². The number of thiazole rings is 1. The lowest BCUT2D eigenvalue weighted by atomic mass is 9.84. The fourth-order valence-corrected chi connectivity index (χ4v) is 5.44.